The van der Waals surface area contributed by atoms with Crippen LogP contribution in [-0.4, -0.2) is 52.9 Å². The van der Waals surface area contributed by atoms with Crippen LogP contribution in [0.1, 0.15) is 12.0 Å². The molecule has 1 saturated heterocycles. The van der Waals surface area contributed by atoms with E-state index in [4.69, 9.17) is 5.73 Å². The maximum Gasteiger partial charge on any atom is 0.239 e. The van der Waals surface area contributed by atoms with Crippen LogP contribution >= 0.6 is 0 Å². The van der Waals surface area contributed by atoms with Gasteiger partial charge in [-0.2, -0.15) is 0 Å². The number of carbonyl (C=O) groups excluding carboxylic acids is 1. The van der Waals surface area contributed by atoms with Gasteiger partial charge >= 0.3 is 0 Å². The van der Waals surface area contributed by atoms with Crippen LogP contribution in [0, 0.1) is 0 Å². The summed E-state index contributed by atoms with van der Waals surface area (Å²) in [5, 5.41) is 0. The smallest absolute Gasteiger partial charge is 0.239 e. The monoisotopic (exact) mass is 274 g/mol. The molecule has 1 aliphatic rings. The molecule has 0 bridgehead atoms. The van der Waals surface area contributed by atoms with Crippen LogP contribution in [0.3, 0.4) is 0 Å². The molecular formula is C15H22N4O. The highest BCUT2D eigenvalue weighted by atomic mass is 16.2. The molecular weight excluding hydrogens is 252 g/mol. The summed E-state index contributed by atoms with van der Waals surface area (Å²) in [4.78, 5) is 20.3. The molecule has 2 rings (SSSR count). The van der Waals surface area contributed by atoms with E-state index in [2.05, 4.69) is 16.5 Å². The van der Waals surface area contributed by atoms with Crippen molar-refractivity contribution in [1.82, 2.24) is 14.8 Å². The Kier molecular flexibility index (Phi) is 5.26. The normalized spacial score (nSPS) is 17.8. The summed E-state index contributed by atoms with van der Waals surface area (Å²) in [6.07, 6.45) is 5.85. The van der Waals surface area contributed by atoms with Crippen molar-refractivity contribution < 1.29 is 4.79 Å². The third-order valence-electron chi connectivity index (χ3n) is 3.58. The topological polar surface area (TPSA) is 62.5 Å². The lowest BCUT2D eigenvalue weighted by atomic mass is 10.1. The minimum atomic E-state index is -0.445. The fourth-order valence-corrected chi connectivity index (χ4v) is 2.39. The fraction of sp³-hybridized carbons (Fsp3) is 0.467. The van der Waals surface area contributed by atoms with E-state index >= 15 is 0 Å². The van der Waals surface area contributed by atoms with Gasteiger partial charge in [-0.3, -0.25) is 14.7 Å². The van der Waals surface area contributed by atoms with Crippen LogP contribution in [0.5, 0.6) is 0 Å². The zero-order valence-electron chi connectivity index (χ0n) is 11.7. The van der Waals surface area contributed by atoms with Crippen molar-refractivity contribution >= 4 is 5.91 Å². The van der Waals surface area contributed by atoms with Crippen molar-refractivity contribution in [2.75, 3.05) is 26.2 Å². The molecule has 0 saturated carbocycles. The molecule has 1 amide bonds. The Bertz CT molecular complexity index is 440. The lowest BCUT2D eigenvalue weighted by Gasteiger charge is -2.35. The van der Waals surface area contributed by atoms with Crippen LogP contribution in [-0.2, 0) is 11.3 Å². The lowest BCUT2D eigenvalue weighted by molar-refractivity contribution is -0.134. The molecule has 1 unspecified atom stereocenters. The third kappa shape index (κ3) is 3.88. The number of aromatic nitrogens is 1. The van der Waals surface area contributed by atoms with Crippen molar-refractivity contribution in [1.29, 1.82) is 0 Å². The summed E-state index contributed by atoms with van der Waals surface area (Å²) in [5.74, 6) is 0.0356. The Balaban J connectivity index is 1.80. The summed E-state index contributed by atoms with van der Waals surface area (Å²) in [6.45, 7) is 7.79. The van der Waals surface area contributed by atoms with Gasteiger partial charge in [0.2, 0.25) is 5.91 Å². The lowest BCUT2D eigenvalue weighted by Crippen LogP contribution is -2.52. The van der Waals surface area contributed by atoms with Crippen molar-refractivity contribution in [2.24, 2.45) is 5.73 Å². The van der Waals surface area contributed by atoms with Crippen molar-refractivity contribution in [2.45, 2.75) is 19.0 Å². The van der Waals surface area contributed by atoms with Crippen LogP contribution in [0.4, 0.5) is 0 Å². The molecule has 1 aromatic heterocycles. The maximum absolute atomic E-state index is 12.1. The first-order valence-electron chi connectivity index (χ1n) is 6.97. The molecule has 1 aromatic rings. The van der Waals surface area contributed by atoms with E-state index in [-0.39, 0.29) is 5.91 Å². The quantitative estimate of drug-likeness (QED) is 0.800. The minimum Gasteiger partial charge on any atom is -0.339 e. The second kappa shape index (κ2) is 7.17. The zero-order chi connectivity index (χ0) is 14.4. The van der Waals surface area contributed by atoms with E-state index in [0.717, 1.165) is 32.7 Å². The van der Waals surface area contributed by atoms with E-state index in [0.29, 0.717) is 6.42 Å². The summed E-state index contributed by atoms with van der Waals surface area (Å²) in [7, 11) is 0. The molecule has 0 aromatic carbocycles. The van der Waals surface area contributed by atoms with Crippen LogP contribution in [0.25, 0.3) is 0 Å². The number of amides is 1. The van der Waals surface area contributed by atoms with Crippen LogP contribution in [0.15, 0.2) is 37.2 Å². The Hall–Kier alpha value is -1.72. The van der Waals surface area contributed by atoms with E-state index in [1.807, 2.05) is 29.4 Å². The van der Waals surface area contributed by atoms with Gasteiger partial charge in [-0.15, -0.1) is 6.58 Å². The number of nitrogens with zero attached hydrogens (tertiary/aromatic N) is 3. The van der Waals surface area contributed by atoms with Gasteiger partial charge in [-0.25, -0.2) is 0 Å². The van der Waals surface area contributed by atoms with E-state index < -0.39 is 6.04 Å². The SMILES string of the molecule is C=CCC(N)C(=O)N1CCN(Cc2ccncc2)CC1. The van der Waals surface area contributed by atoms with Gasteiger partial charge in [0.05, 0.1) is 6.04 Å². The summed E-state index contributed by atoms with van der Waals surface area (Å²) < 4.78 is 0. The molecule has 5 nitrogen and oxygen atoms in total. The molecule has 1 atom stereocenters. The molecule has 1 aliphatic heterocycles. The summed E-state index contributed by atoms with van der Waals surface area (Å²) >= 11 is 0. The standard InChI is InChI=1S/C15H22N4O/c1-2-3-14(16)15(20)19-10-8-18(9-11-19)12-13-4-6-17-7-5-13/h2,4-7,14H,1,3,8-12,16H2. The average Bonchev–Trinajstić information content (AvgIpc) is 2.48. The van der Waals surface area contributed by atoms with Crippen LogP contribution < -0.4 is 5.73 Å². The van der Waals surface area contributed by atoms with Gasteiger partial charge in [0.15, 0.2) is 0 Å². The predicted octanol–water partition coefficient (Wildman–Crippen LogP) is 0.629. The van der Waals surface area contributed by atoms with Gasteiger partial charge in [-0.05, 0) is 24.1 Å². The number of rotatable bonds is 5. The molecule has 108 valence electrons. The Morgan fingerprint density at radius 1 is 1.35 bits per heavy atom. The number of piperazine rings is 1. The fourth-order valence-electron chi connectivity index (χ4n) is 2.39. The van der Waals surface area contributed by atoms with Crippen molar-refractivity contribution in [3.05, 3.63) is 42.7 Å². The highest BCUT2D eigenvalue weighted by molar-refractivity contribution is 5.81. The van der Waals surface area contributed by atoms with E-state index in [1.165, 1.54) is 5.56 Å². The van der Waals surface area contributed by atoms with E-state index in [1.54, 1.807) is 6.08 Å². The Morgan fingerprint density at radius 3 is 2.60 bits per heavy atom. The van der Waals surface area contributed by atoms with Gasteiger partial charge in [0.25, 0.3) is 0 Å². The molecule has 5 heteroatoms. The Labute approximate surface area is 120 Å². The summed E-state index contributed by atoms with van der Waals surface area (Å²) in [5.41, 5.74) is 7.09. The first-order valence-corrected chi connectivity index (χ1v) is 6.97. The van der Waals surface area contributed by atoms with Gasteiger partial charge < -0.3 is 10.6 Å². The first kappa shape index (κ1) is 14.7. The molecule has 20 heavy (non-hydrogen) atoms. The van der Waals surface area contributed by atoms with Gasteiger partial charge in [0.1, 0.15) is 0 Å². The molecule has 2 heterocycles. The van der Waals surface area contributed by atoms with Gasteiger partial charge in [-0.1, -0.05) is 6.08 Å². The molecule has 2 N–H and O–H groups in total. The second-order valence-corrected chi connectivity index (χ2v) is 5.09. The predicted molar refractivity (Wildman–Crippen MR) is 78.9 cm³/mol. The number of hydrogen-bond donors (Lipinski definition) is 1. The minimum absolute atomic E-state index is 0.0356. The van der Waals surface area contributed by atoms with E-state index in [9.17, 15) is 4.79 Å². The molecule has 0 radical (unpaired) electrons. The van der Waals surface area contributed by atoms with Gasteiger partial charge in [0, 0.05) is 45.1 Å². The molecule has 1 fully saturated rings. The third-order valence-corrected chi connectivity index (χ3v) is 3.58. The van der Waals surface area contributed by atoms with Crippen molar-refractivity contribution in [3.63, 3.8) is 0 Å². The summed E-state index contributed by atoms with van der Waals surface area (Å²) in [6, 6.07) is 3.61. The van der Waals surface area contributed by atoms with Crippen LogP contribution in [0.2, 0.25) is 0 Å². The maximum atomic E-state index is 12.1. The molecule has 0 spiro atoms. The number of hydrogen-bond acceptors (Lipinski definition) is 4. The number of carbonyl (C=O) groups is 1. The highest BCUT2D eigenvalue weighted by Crippen LogP contribution is 2.09. The number of pyridine rings is 1. The first-order chi connectivity index (χ1) is 9.70. The van der Waals surface area contributed by atoms with Crippen molar-refractivity contribution in [3.8, 4) is 0 Å². The number of nitrogens with two attached hydrogens (primary N) is 1. The molecule has 0 aliphatic carbocycles. The average molecular weight is 274 g/mol. The zero-order valence-corrected chi connectivity index (χ0v) is 11.7. The Morgan fingerprint density at radius 2 is 2.00 bits per heavy atom. The largest absolute Gasteiger partial charge is 0.339 e. The second-order valence-electron chi connectivity index (χ2n) is 5.09. The highest BCUT2D eigenvalue weighted by Gasteiger charge is 2.24.